The summed E-state index contributed by atoms with van der Waals surface area (Å²) in [6.07, 6.45) is 7.91. The Balaban J connectivity index is 2.58. The summed E-state index contributed by atoms with van der Waals surface area (Å²) < 4.78 is 0. The van der Waals surface area contributed by atoms with Crippen molar-refractivity contribution in [2.75, 3.05) is 0 Å². The van der Waals surface area contributed by atoms with E-state index < -0.39 is 0 Å². The molecule has 0 amide bonds. The first-order valence-electron chi connectivity index (χ1n) is 8.47. The van der Waals surface area contributed by atoms with E-state index in [2.05, 4.69) is 70.8 Å². The van der Waals surface area contributed by atoms with Crippen LogP contribution in [0.1, 0.15) is 31.4 Å². The molecule has 1 atom stereocenters. The molecule has 0 heterocycles. The van der Waals surface area contributed by atoms with E-state index in [0.717, 1.165) is 37.5 Å². The summed E-state index contributed by atoms with van der Waals surface area (Å²) in [5, 5.41) is 2.24. The van der Waals surface area contributed by atoms with Gasteiger partial charge >= 0.3 is 0 Å². The highest BCUT2D eigenvalue weighted by Crippen LogP contribution is 2.39. The summed E-state index contributed by atoms with van der Waals surface area (Å²) in [4.78, 5) is 0. The molecule has 25 heavy (non-hydrogen) atoms. The van der Waals surface area contributed by atoms with Gasteiger partial charge in [0.25, 0.3) is 0 Å². The molecule has 1 heteroatoms. The molecule has 1 aliphatic rings. The standard InChI is InChI=1S/C24H27P/c1-8-16(4)22(9-2)19(7)24-20(12-11-17(5)23(24)10-3)14-25-15-21-13-18(21)6/h8-12,15,25H,1-2,4-6,13-14H2,3,7H3/b21-15+,22-19+,23-10+. The van der Waals surface area contributed by atoms with Crippen LogP contribution in [0, 0.1) is 0 Å². The minimum absolute atomic E-state index is 0.763. The van der Waals surface area contributed by atoms with Gasteiger partial charge in [-0.05, 0) is 75.9 Å². The van der Waals surface area contributed by atoms with Gasteiger partial charge in [0, 0.05) is 0 Å². The topological polar surface area (TPSA) is 0 Å². The molecule has 1 aromatic rings. The van der Waals surface area contributed by atoms with Gasteiger partial charge in [-0.15, -0.1) is 0 Å². The van der Waals surface area contributed by atoms with Crippen LogP contribution in [0.2, 0.25) is 0 Å². The first-order chi connectivity index (χ1) is 11.9. The average molecular weight is 346 g/mol. The van der Waals surface area contributed by atoms with Crippen LogP contribution in [0.4, 0.5) is 0 Å². The molecular weight excluding hydrogens is 319 g/mol. The number of rotatable bonds is 7. The van der Waals surface area contributed by atoms with Crippen molar-refractivity contribution >= 4 is 26.8 Å². The quantitative estimate of drug-likeness (QED) is 0.444. The van der Waals surface area contributed by atoms with E-state index in [9.17, 15) is 0 Å². The summed E-state index contributed by atoms with van der Waals surface area (Å²) >= 11 is 0. The Morgan fingerprint density at radius 1 is 1.20 bits per heavy atom. The summed E-state index contributed by atoms with van der Waals surface area (Å²) in [5.74, 6) is 2.34. The van der Waals surface area contributed by atoms with Crippen molar-refractivity contribution in [3.63, 3.8) is 0 Å². The molecule has 1 aliphatic carbocycles. The maximum absolute atomic E-state index is 4.21. The van der Waals surface area contributed by atoms with Gasteiger partial charge in [0.1, 0.15) is 0 Å². The van der Waals surface area contributed by atoms with Crippen LogP contribution in [-0.4, -0.2) is 0 Å². The lowest BCUT2D eigenvalue weighted by Gasteiger charge is -2.15. The average Bonchev–Trinajstić information content (AvgIpc) is 3.31. The van der Waals surface area contributed by atoms with Crippen LogP contribution >= 0.6 is 8.58 Å². The number of benzene rings is 1. The van der Waals surface area contributed by atoms with Gasteiger partial charge in [0.2, 0.25) is 0 Å². The predicted molar refractivity (Wildman–Crippen MR) is 117 cm³/mol. The van der Waals surface area contributed by atoms with Crippen molar-refractivity contribution in [2.45, 2.75) is 26.4 Å². The van der Waals surface area contributed by atoms with Gasteiger partial charge in [-0.1, -0.05) is 77.7 Å². The van der Waals surface area contributed by atoms with Crippen LogP contribution in [0.3, 0.4) is 0 Å². The Morgan fingerprint density at radius 3 is 2.40 bits per heavy atom. The van der Waals surface area contributed by atoms with Gasteiger partial charge in [0.15, 0.2) is 0 Å². The van der Waals surface area contributed by atoms with Gasteiger partial charge in [-0.2, -0.15) is 0 Å². The second-order valence-corrected chi connectivity index (χ2v) is 7.31. The lowest BCUT2D eigenvalue weighted by atomic mass is 9.91. The molecule has 0 spiro atoms. The minimum Gasteiger partial charge on any atom is -0.0985 e. The van der Waals surface area contributed by atoms with Crippen molar-refractivity contribution < 1.29 is 0 Å². The Hall–Kier alpha value is -2.17. The van der Waals surface area contributed by atoms with Gasteiger partial charge < -0.3 is 0 Å². The van der Waals surface area contributed by atoms with E-state index in [1.54, 1.807) is 6.08 Å². The fourth-order valence-electron chi connectivity index (χ4n) is 3.02. The molecule has 0 nitrogen and oxygen atoms in total. The minimum atomic E-state index is 0.763. The Morgan fingerprint density at radius 2 is 1.88 bits per heavy atom. The molecule has 0 bridgehead atoms. The van der Waals surface area contributed by atoms with Crippen molar-refractivity contribution in [3.05, 3.63) is 100 Å². The van der Waals surface area contributed by atoms with Crippen LogP contribution in [0.15, 0.2) is 78.7 Å². The van der Waals surface area contributed by atoms with Crippen LogP contribution in [-0.2, 0) is 6.16 Å². The fraction of sp³-hybridized carbons (Fsp3) is 0.167. The largest absolute Gasteiger partial charge is 0.0985 e. The second-order valence-electron chi connectivity index (χ2n) is 6.26. The number of allylic oxidation sites excluding steroid dienone is 7. The number of hydrogen-bond acceptors (Lipinski definition) is 0. The van der Waals surface area contributed by atoms with Crippen molar-refractivity contribution in [1.82, 2.24) is 0 Å². The van der Waals surface area contributed by atoms with E-state index in [1.165, 1.54) is 33.1 Å². The molecule has 0 saturated heterocycles. The zero-order chi connectivity index (χ0) is 18.6. The lowest BCUT2D eigenvalue weighted by molar-refractivity contribution is 1.30. The van der Waals surface area contributed by atoms with Gasteiger partial charge in [-0.25, -0.2) is 0 Å². The van der Waals surface area contributed by atoms with E-state index in [1.807, 2.05) is 6.08 Å². The molecule has 2 rings (SSSR count). The molecular formula is C24H27P. The normalized spacial score (nSPS) is 17.1. The first kappa shape index (κ1) is 19.2. The van der Waals surface area contributed by atoms with E-state index >= 15 is 0 Å². The summed E-state index contributed by atoms with van der Waals surface area (Å²) in [6, 6.07) is 4.32. The highest BCUT2D eigenvalue weighted by molar-refractivity contribution is 7.40. The van der Waals surface area contributed by atoms with Crippen molar-refractivity contribution in [1.29, 1.82) is 0 Å². The molecule has 1 fully saturated rings. The monoisotopic (exact) mass is 346 g/mol. The SMILES string of the molecule is C=CC(=C)/C(C=C)=C(\C)c1c(CP/C=C2\CC2=C)ccc(=C)/c1=C\C. The van der Waals surface area contributed by atoms with Gasteiger partial charge in [0.05, 0.1) is 0 Å². The zero-order valence-electron chi connectivity index (χ0n) is 15.4. The Labute approximate surface area is 153 Å². The van der Waals surface area contributed by atoms with Crippen LogP contribution in [0.25, 0.3) is 18.2 Å². The summed E-state index contributed by atoms with van der Waals surface area (Å²) in [6.45, 7) is 24.4. The third-order valence-corrected chi connectivity index (χ3v) is 5.73. The summed E-state index contributed by atoms with van der Waals surface area (Å²) in [5.41, 5.74) is 8.44. The molecule has 1 aromatic carbocycles. The van der Waals surface area contributed by atoms with Gasteiger partial charge in [-0.3, -0.25) is 0 Å². The highest BCUT2D eigenvalue weighted by atomic mass is 31.1. The predicted octanol–water partition coefficient (Wildman–Crippen LogP) is 5.62. The molecule has 1 saturated carbocycles. The van der Waals surface area contributed by atoms with E-state index in [4.69, 9.17) is 0 Å². The van der Waals surface area contributed by atoms with Crippen LogP contribution in [0.5, 0.6) is 0 Å². The van der Waals surface area contributed by atoms with Crippen molar-refractivity contribution in [2.24, 2.45) is 0 Å². The van der Waals surface area contributed by atoms with E-state index in [-0.39, 0.29) is 0 Å². The molecule has 1 unspecified atom stereocenters. The van der Waals surface area contributed by atoms with E-state index in [0.29, 0.717) is 0 Å². The molecule has 128 valence electrons. The second kappa shape index (κ2) is 8.28. The summed E-state index contributed by atoms with van der Waals surface area (Å²) in [7, 11) is 0.763. The maximum Gasteiger partial charge on any atom is -0.00258 e. The molecule has 0 aromatic heterocycles. The van der Waals surface area contributed by atoms with Crippen molar-refractivity contribution in [3.8, 4) is 0 Å². The Bertz CT molecular complexity index is 920. The molecule has 0 radical (unpaired) electrons. The fourth-order valence-corrected chi connectivity index (χ4v) is 4.19. The van der Waals surface area contributed by atoms with Crippen LogP contribution < -0.4 is 10.4 Å². The third-order valence-electron chi connectivity index (χ3n) is 4.59. The lowest BCUT2D eigenvalue weighted by Crippen LogP contribution is -2.28. The maximum atomic E-state index is 4.21. The third kappa shape index (κ3) is 4.27. The first-order valence-corrected chi connectivity index (χ1v) is 9.76. The molecule has 0 aliphatic heterocycles. The molecule has 0 N–H and O–H groups in total. The smallest absolute Gasteiger partial charge is 0.00258 e. The highest BCUT2D eigenvalue weighted by Gasteiger charge is 2.17. The Kier molecular flexibility index (Phi) is 6.34. The number of hydrogen-bond donors (Lipinski definition) is 0. The zero-order valence-corrected chi connectivity index (χ0v) is 16.4.